The summed E-state index contributed by atoms with van der Waals surface area (Å²) in [6, 6.07) is 6.11. The standard InChI is InChI=1S/C18H20BrN5O/c1-11(2)16-22-18(25-23-16)12-6-8-24(9-7-12)17-13-4-3-5-14(19)15(13)20-10-21-17/h3-5,10-12H,6-9H2,1-2H3. The molecule has 1 aliphatic rings. The number of para-hydroxylation sites is 1. The minimum Gasteiger partial charge on any atom is -0.356 e. The van der Waals surface area contributed by atoms with Crippen molar-refractivity contribution in [3.63, 3.8) is 0 Å². The molecule has 0 atom stereocenters. The van der Waals surface area contributed by atoms with E-state index in [1.807, 2.05) is 12.1 Å². The van der Waals surface area contributed by atoms with E-state index in [0.717, 1.165) is 58.8 Å². The topological polar surface area (TPSA) is 67.9 Å². The second-order valence-corrected chi connectivity index (χ2v) is 7.59. The smallest absolute Gasteiger partial charge is 0.229 e. The van der Waals surface area contributed by atoms with E-state index in [4.69, 9.17) is 4.52 Å². The SMILES string of the molecule is CC(C)c1noc(C2CCN(c3ncnc4c(Br)cccc34)CC2)n1. The van der Waals surface area contributed by atoms with Crippen molar-refractivity contribution in [2.45, 2.75) is 38.5 Å². The predicted molar refractivity (Wildman–Crippen MR) is 99.8 cm³/mol. The van der Waals surface area contributed by atoms with E-state index in [0.29, 0.717) is 11.8 Å². The van der Waals surface area contributed by atoms with Crippen LogP contribution in [0.2, 0.25) is 0 Å². The summed E-state index contributed by atoms with van der Waals surface area (Å²) in [5.74, 6) is 3.19. The lowest BCUT2D eigenvalue weighted by molar-refractivity contribution is 0.326. The van der Waals surface area contributed by atoms with Crippen LogP contribution in [0.4, 0.5) is 5.82 Å². The molecule has 25 heavy (non-hydrogen) atoms. The highest BCUT2D eigenvalue weighted by Gasteiger charge is 2.27. The maximum atomic E-state index is 5.48. The number of anilines is 1. The number of hydrogen-bond acceptors (Lipinski definition) is 6. The first kappa shape index (κ1) is 16.4. The molecule has 0 saturated carbocycles. The molecule has 0 unspecified atom stereocenters. The average molecular weight is 402 g/mol. The fourth-order valence-electron chi connectivity index (χ4n) is 3.28. The van der Waals surface area contributed by atoms with Gasteiger partial charge in [-0.2, -0.15) is 4.98 Å². The van der Waals surface area contributed by atoms with Gasteiger partial charge in [0.15, 0.2) is 5.82 Å². The normalized spacial score (nSPS) is 16.1. The van der Waals surface area contributed by atoms with E-state index < -0.39 is 0 Å². The zero-order valence-electron chi connectivity index (χ0n) is 14.3. The van der Waals surface area contributed by atoms with Gasteiger partial charge in [0, 0.05) is 34.8 Å². The lowest BCUT2D eigenvalue weighted by atomic mass is 9.96. The Labute approximate surface area is 154 Å². The number of benzene rings is 1. The molecule has 1 aliphatic heterocycles. The molecular weight excluding hydrogens is 382 g/mol. The first-order chi connectivity index (χ1) is 12.1. The van der Waals surface area contributed by atoms with E-state index in [2.05, 4.69) is 60.9 Å². The van der Waals surface area contributed by atoms with Crippen LogP contribution >= 0.6 is 15.9 Å². The molecule has 0 aliphatic carbocycles. The zero-order chi connectivity index (χ0) is 17.4. The fourth-order valence-corrected chi connectivity index (χ4v) is 3.74. The lowest BCUT2D eigenvalue weighted by Gasteiger charge is -2.31. The van der Waals surface area contributed by atoms with Crippen LogP contribution in [-0.2, 0) is 0 Å². The largest absolute Gasteiger partial charge is 0.356 e. The Morgan fingerprint density at radius 2 is 2.00 bits per heavy atom. The summed E-state index contributed by atoms with van der Waals surface area (Å²) in [5.41, 5.74) is 0.952. The monoisotopic (exact) mass is 401 g/mol. The Morgan fingerprint density at radius 1 is 1.20 bits per heavy atom. The van der Waals surface area contributed by atoms with Gasteiger partial charge >= 0.3 is 0 Å². The van der Waals surface area contributed by atoms with Gasteiger partial charge in [-0.25, -0.2) is 9.97 Å². The molecule has 1 fully saturated rings. The van der Waals surface area contributed by atoms with Crippen LogP contribution in [0, 0.1) is 0 Å². The van der Waals surface area contributed by atoms with Gasteiger partial charge in [-0.05, 0) is 40.9 Å². The molecular formula is C18H20BrN5O. The third kappa shape index (κ3) is 3.13. The Kier molecular flexibility index (Phi) is 4.41. The number of halogens is 1. The number of rotatable bonds is 3. The van der Waals surface area contributed by atoms with Crippen molar-refractivity contribution >= 4 is 32.7 Å². The summed E-state index contributed by atoms with van der Waals surface area (Å²) >= 11 is 3.57. The van der Waals surface area contributed by atoms with Crippen LogP contribution in [0.5, 0.6) is 0 Å². The van der Waals surface area contributed by atoms with Gasteiger partial charge < -0.3 is 9.42 Å². The maximum absolute atomic E-state index is 5.48. The van der Waals surface area contributed by atoms with E-state index in [1.54, 1.807) is 6.33 Å². The van der Waals surface area contributed by atoms with Crippen LogP contribution in [0.15, 0.2) is 33.5 Å². The van der Waals surface area contributed by atoms with Crippen LogP contribution in [0.3, 0.4) is 0 Å². The number of fused-ring (bicyclic) bond motifs is 1. The third-order valence-electron chi connectivity index (χ3n) is 4.71. The Hall–Kier alpha value is -2.02. The van der Waals surface area contributed by atoms with Crippen molar-refractivity contribution in [2.75, 3.05) is 18.0 Å². The maximum Gasteiger partial charge on any atom is 0.229 e. The van der Waals surface area contributed by atoms with Crippen molar-refractivity contribution in [1.29, 1.82) is 0 Å². The Bertz CT molecular complexity index is 886. The van der Waals surface area contributed by atoms with Crippen LogP contribution in [0.25, 0.3) is 10.9 Å². The van der Waals surface area contributed by atoms with Crippen LogP contribution in [-0.4, -0.2) is 33.2 Å². The summed E-state index contributed by atoms with van der Waals surface area (Å²) in [6.07, 6.45) is 3.61. The van der Waals surface area contributed by atoms with E-state index in [9.17, 15) is 0 Å². The molecule has 0 bridgehead atoms. The van der Waals surface area contributed by atoms with Gasteiger partial charge in [-0.1, -0.05) is 25.1 Å². The van der Waals surface area contributed by atoms with E-state index >= 15 is 0 Å². The summed E-state index contributed by atoms with van der Waals surface area (Å²) in [6.45, 7) is 6.00. The number of aromatic nitrogens is 4. The van der Waals surface area contributed by atoms with Crippen LogP contribution < -0.4 is 4.90 Å². The van der Waals surface area contributed by atoms with Gasteiger partial charge in [0.05, 0.1) is 5.52 Å². The minimum atomic E-state index is 0.295. The Balaban J connectivity index is 1.53. The molecule has 130 valence electrons. The van der Waals surface area contributed by atoms with Crippen molar-refractivity contribution in [3.05, 3.63) is 40.7 Å². The average Bonchev–Trinajstić information content (AvgIpc) is 3.12. The van der Waals surface area contributed by atoms with Crippen molar-refractivity contribution in [2.24, 2.45) is 0 Å². The molecule has 6 nitrogen and oxygen atoms in total. The first-order valence-corrected chi connectivity index (χ1v) is 9.40. The van der Waals surface area contributed by atoms with Crippen LogP contribution in [0.1, 0.15) is 50.2 Å². The summed E-state index contributed by atoms with van der Waals surface area (Å²) in [5, 5.41) is 5.17. The number of piperidine rings is 1. The van der Waals surface area contributed by atoms with Gasteiger partial charge in [-0.15, -0.1) is 0 Å². The van der Waals surface area contributed by atoms with Crippen molar-refractivity contribution in [1.82, 2.24) is 20.1 Å². The highest BCUT2D eigenvalue weighted by molar-refractivity contribution is 9.10. The molecule has 0 amide bonds. The summed E-state index contributed by atoms with van der Waals surface area (Å²) in [7, 11) is 0. The fraction of sp³-hybridized carbons (Fsp3) is 0.444. The highest BCUT2D eigenvalue weighted by Crippen LogP contribution is 2.33. The molecule has 0 N–H and O–H groups in total. The molecule has 1 aromatic carbocycles. The zero-order valence-corrected chi connectivity index (χ0v) is 15.9. The second kappa shape index (κ2) is 6.71. The third-order valence-corrected chi connectivity index (χ3v) is 5.35. The molecule has 3 heterocycles. The van der Waals surface area contributed by atoms with Gasteiger partial charge in [0.2, 0.25) is 5.89 Å². The quantitative estimate of drug-likeness (QED) is 0.652. The molecule has 0 spiro atoms. The molecule has 4 rings (SSSR count). The Morgan fingerprint density at radius 3 is 2.72 bits per heavy atom. The summed E-state index contributed by atoms with van der Waals surface area (Å²) in [4.78, 5) is 15.8. The second-order valence-electron chi connectivity index (χ2n) is 6.74. The first-order valence-electron chi connectivity index (χ1n) is 8.61. The minimum absolute atomic E-state index is 0.295. The highest BCUT2D eigenvalue weighted by atomic mass is 79.9. The van der Waals surface area contributed by atoms with E-state index in [-0.39, 0.29) is 0 Å². The van der Waals surface area contributed by atoms with Crippen molar-refractivity contribution < 1.29 is 4.52 Å². The molecule has 3 aromatic rings. The lowest BCUT2D eigenvalue weighted by Crippen LogP contribution is -2.33. The molecule has 0 radical (unpaired) electrons. The predicted octanol–water partition coefficient (Wildman–Crippen LogP) is 4.28. The van der Waals surface area contributed by atoms with E-state index in [1.165, 1.54) is 0 Å². The molecule has 2 aromatic heterocycles. The van der Waals surface area contributed by atoms with Gasteiger partial charge in [0.1, 0.15) is 12.1 Å². The molecule has 7 heteroatoms. The summed E-state index contributed by atoms with van der Waals surface area (Å²) < 4.78 is 6.48. The number of nitrogens with zero attached hydrogens (tertiary/aromatic N) is 5. The number of hydrogen-bond donors (Lipinski definition) is 0. The molecule has 1 saturated heterocycles. The van der Waals surface area contributed by atoms with Crippen molar-refractivity contribution in [3.8, 4) is 0 Å². The van der Waals surface area contributed by atoms with Gasteiger partial charge in [0.25, 0.3) is 0 Å². The van der Waals surface area contributed by atoms with Gasteiger partial charge in [-0.3, -0.25) is 0 Å².